The molecule has 20 heavy (non-hydrogen) atoms. The second-order valence-electron chi connectivity index (χ2n) is 4.42. The molecule has 98 valence electrons. The Hall–Kier alpha value is -2.88. The zero-order valence-corrected chi connectivity index (χ0v) is 10.6. The van der Waals surface area contributed by atoms with Crippen LogP contribution in [0, 0.1) is 0 Å². The van der Waals surface area contributed by atoms with Gasteiger partial charge >= 0.3 is 6.03 Å². The summed E-state index contributed by atoms with van der Waals surface area (Å²) in [7, 11) is 0. The first kappa shape index (κ1) is 12.2. The van der Waals surface area contributed by atoms with E-state index in [4.69, 9.17) is 0 Å². The number of carbonyl (C=O) groups excluding carboxylic acids is 2. The lowest BCUT2D eigenvalue weighted by atomic mass is 9.99. The normalized spacial score (nSPS) is 16.1. The molecule has 1 aliphatic heterocycles. The Balaban J connectivity index is 2.05. The number of hydrogen-bond donors (Lipinski definition) is 2. The van der Waals surface area contributed by atoms with Crippen molar-refractivity contribution < 1.29 is 9.59 Å². The van der Waals surface area contributed by atoms with Crippen LogP contribution < -0.4 is 10.6 Å². The molecule has 0 aromatic heterocycles. The minimum absolute atomic E-state index is 0.262. The Morgan fingerprint density at radius 1 is 0.800 bits per heavy atom. The molecule has 1 fully saturated rings. The van der Waals surface area contributed by atoms with Crippen LogP contribution in [0.3, 0.4) is 0 Å². The molecule has 0 aliphatic carbocycles. The van der Waals surface area contributed by atoms with E-state index in [9.17, 15) is 9.59 Å². The third kappa shape index (κ3) is 2.31. The quantitative estimate of drug-likeness (QED) is 0.647. The summed E-state index contributed by atoms with van der Waals surface area (Å²) in [4.78, 5) is 22.7. The molecule has 4 heteroatoms. The number of nitrogens with one attached hydrogen (secondary N) is 2. The molecule has 0 atom stereocenters. The maximum Gasteiger partial charge on any atom is 0.326 e. The largest absolute Gasteiger partial charge is 0.326 e. The van der Waals surface area contributed by atoms with Crippen LogP contribution in [-0.4, -0.2) is 11.9 Å². The third-order valence-electron chi connectivity index (χ3n) is 3.07. The van der Waals surface area contributed by atoms with Crippen molar-refractivity contribution >= 4 is 18.0 Å². The van der Waals surface area contributed by atoms with Gasteiger partial charge < -0.3 is 5.32 Å². The van der Waals surface area contributed by atoms with Gasteiger partial charge in [-0.1, -0.05) is 54.6 Å². The third-order valence-corrected chi connectivity index (χ3v) is 3.07. The van der Waals surface area contributed by atoms with E-state index in [1.165, 1.54) is 0 Å². The Kier molecular flexibility index (Phi) is 3.05. The number of amides is 3. The average Bonchev–Trinajstić information content (AvgIpc) is 2.78. The Morgan fingerprint density at radius 2 is 1.50 bits per heavy atom. The van der Waals surface area contributed by atoms with Gasteiger partial charge in [0.05, 0.1) is 0 Å². The molecule has 0 saturated carbocycles. The van der Waals surface area contributed by atoms with Gasteiger partial charge in [-0.25, -0.2) is 4.79 Å². The number of hydrogen-bond acceptors (Lipinski definition) is 2. The number of rotatable bonds is 2. The number of urea groups is 1. The molecule has 0 radical (unpaired) electrons. The summed E-state index contributed by atoms with van der Waals surface area (Å²) in [5, 5.41) is 4.68. The summed E-state index contributed by atoms with van der Waals surface area (Å²) in [6, 6.07) is 17.1. The molecule has 0 spiro atoms. The first-order valence-corrected chi connectivity index (χ1v) is 6.22. The van der Waals surface area contributed by atoms with Gasteiger partial charge in [0, 0.05) is 0 Å². The van der Waals surface area contributed by atoms with E-state index in [-0.39, 0.29) is 5.70 Å². The zero-order valence-electron chi connectivity index (χ0n) is 10.6. The number of imide groups is 1. The molecule has 1 saturated heterocycles. The molecular weight excluding hydrogens is 252 g/mol. The predicted molar refractivity (Wildman–Crippen MR) is 76.5 cm³/mol. The molecule has 3 amide bonds. The van der Waals surface area contributed by atoms with Crippen LogP contribution in [0.25, 0.3) is 17.2 Å². The summed E-state index contributed by atoms with van der Waals surface area (Å²) in [6.45, 7) is 0. The van der Waals surface area contributed by atoms with Crippen molar-refractivity contribution in [3.05, 3.63) is 65.9 Å². The van der Waals surface area contributed by atoms with Crippen LogP contribution in [0.4, 0.5) is 4.79 Å². The maximum absolute atomic E-state index is 11.6. The first-order valence-electron chi connectivity index (χ1n) is 6.22. The minimum atomic E-state index is -0.488. The lowest BCUT2D eigenvalue weighted by Gasteiger charge is -2.06. The van der Waals surface area contributed by atoms with Gasteiger partial charge in [-0.2, -0.15) is 0 Å². The van der Waals surface area contributed by atoms with Crippen LogP contribution in [-0.2, 0) is 4.79 Å². The van der Waals surface area contributed by atoms with Crippen molar-refractivity contribution in [3.63, 3.8) is 0 Å². The molecule has 2 aromatic carbocycles. The maximum atomic E-state index is 11.6. The Labute approximate surface area is 116 Å². The number of carbonyl (C=O) groups is 2. The fraction of sp³-hybridized carbons (Fsp3) is 0. The van der Waals surface area contributed by atoms with E-state index in [0.29, 0.717) is 0 Å². The molecule has 2 N–H and O–H groups in total. The smallest absolute Gasteiger partial charge is 0.303 e. The van der Waals surface area contributed by atoms with E-state index >= 15 is 0 Å². The second-order valence-corrected chi connectivity index (χ2v) is 4.42. The van der Waals surface area contributed by atoms with Crippen LogP contribution in [0.5, 0.6) is 0 Å². The minimum Gasteiger partial charge on any atom is -0.303 e. The first-order chi connectivity index (χ1) is 9.74. The van der Waals surface area contributed by atoms with Crippen molar-refractivity contribution in [2.45, 2.75) is 0 Å². The lowest BCUT2D eigenvalue weighted by molar-refractivity contribution is -0.115. The summed E-state index contributed by atoms with van der Waals surface area (Å²) in [5.41, 5.74) is 3.21. The van der Waals surface area contributed by atoms with Crippen LogP contribution >= 0.6 is 0 Å². The van der Waals surface area contributed by atoms with E-state index < -0.39 is 11.9 Å². The lowest BCUT2D eigenvalue weighted by Crippen LogP contribution is -2.22. The highest BCUT2D eigenvalue weighted by atomic mass is 16.2. The van der Waals surface area contributed by atoms with Crippen LogP contribution in [0.2, 0.25) is 0 Å². The van der Waals surface area contributed by atoms with Crippen molar-refractivity contribution in [2.75, 3.05) is 0 Å². The molecule has 1 aliphatic rings. The van der Waals surface area contributed by atoms with Gasteiger partial charge in [-0.05, 0) is 22.8 Å². The second kappa shape index (κ2) is 5.01. The molecule has 1 heterocycles. The topological polar surface area (TPSA) is 58.2 Å². The summed E-state index contributed by atoms with van der Waals surface area (Å²) in [6.07, 6.45) is 1.68. The summed E-state index contributed by atoms with van der Waals surface area (Å²) < 4.78 is 0. The summed E-state index contributed by atoms with van der Waals surface area (Å²) >= 11 is 0. The van der Waals surface area contributed by atoms with Crippen molar-refractivity contribution in [1.82, 2.24) is 10.6 Å². The standard InChI is InChI=1S/C16H12N2O2/c19-15-14(17-16(20)18-15)10-12-8-4-5-9-13(12)11-6-2-1-3-7-11/h1-10H,(H2,17,18,19,20)/b14-10-. The van der Waals surface area contributed by atoms with Gasteiger partial charge in [0.25, 0.3) is 5.91 Å². The van der Waals surface area contributed by atoms with Gasteiger partial charge in [-0.15, -0.1) is 0 Å². The fourth-order valence-electron chi connectivity index (χ4n) is 2.14. The van der Waals surface area contributed by atoms with Gasteiger partial charge in [0.1, 0.15) is 5.70 Å². The van der Waals surface area contributed by atoms with E-state index in [1.807, 2.05) is 54.6 Å². The average molecular weight is 264 g/mol. The van der Waals surface area contributed by atoms with E-state index in [2.05, 4.69) is 10.6 Å². The number of benzene rings is 2. The van der Waals surface area contributed by atoms with Gasteiger partial charge in [0.15, 0.2) is 0 Å². The molecule has 0 bridgehead atoms. The highest BCUT2D eigenvalue weighted by molar-refractivity contribution is 6.14. The summed E-state index contributed by atoms with van der Waals surface area (Å²) in [5.74, 6) is -0.405. The van der Waals surface area contributed by atoms with Crippen molar-refractivity contribution in [2.24, 2.45) is 0 Å². The van der Waals surface area contributed by atoms with E-state index in [0.717, 1.165) is 16.7 Å². The van der Waals surface area contributed by atoms with Gasteiger partial charge in [0.2, 0.25) is 0 Å². The van der Waals surface area contributed by atoms with E-state index in [1.54, 1.807) is 6.08 Å². The van der Waals surface area contributed by atoms with Crippen LogP contribution in [0.15, 0.2) is 60.3 Å². The Bertz CT molecular complexity index is 705. The molecule has 0 unspecified atom stereocenters. The highest BCUT2D eigenvalue weighted by Gasteiger charge is 2.23. The molecular formula is C16H12N2O2. The molecule has 2 aromatic rings. The molecule has 4 nitrogen and oxygen atoms in total. The fourth-order valence-corrected chi connectivity index (χ4v) is 2.14. The van der Waals surface area contributed by atoms with Crippen molar-refractivity contribution in [1.29, 1.82) is 0 Å². The van der Waals surface area contributed by atoms with Crippen molar-refractivity contribution in [3.8, 4) is 11.1 Å². The SMILES string of the molecule is O=C1NC(=O)/C(=C/c2ccccc2-c2ccccc2)N1. The monoisotopic (exact) mass is 264 g/mol. The van der Waals surface area contributed by atoms with Crippen LogP contribution in [0.1, 0.15) is 5.56 Å². The van der Waals surface area contributed by atoms with Gasteiger partial charge in [-0.3, -0.25) is 10.1 Å². The zero-order chi connectivity index (χ0) is 13.9. The predicted octanol–water partition coefficient (Wildman–Crippen LogP) is 2.53. The highest BCUT2D eigenvalue weighted by Crippen LogP contribution is 2.25. The Morgan fingerprint density at radius 3 is 2.20 bits per heavy atom. The molecule has 3 rings (SSSR count).